The van der Waals surface area contributed by atoms with Gasteiger partial charge in [-0.2, -0.15) is 5.10 Å². The monoisotopic (exact) mass is 185 g/mol. The van der Waals surface area contributed by atoms with Crippen LogP contribution in [0.3, 0.4) is 0 Å². The third kappa shape index (κ3) is 2.43. The third-order valence-corrected chi connectivity index (χ3v) is 1.79. The van der Waals surface area contributed by atoms with Gasteiger partial charge in [0, 0.05) is 12.7 Å². The number of aromatic nitrogens is 2. The van der Waals surface area contributed by atoms with Gasteiger partial charge in [0.1, 0.15) is 12.0 Å². The zero-order chi connectivity index (χ0) is 9.84. The predicted molar refractivity (Wildman–Crippen MR) is 49.0 cm³/mol. The van der Waals surface area contributed by atoms with Crippen LogP contribution in [0.2, 0.25) is 0 Å². The van der Waals surface area contributed by atoms with Crippen LogP contribution in [0.5, 0.6) is 0 Å². The minimum Gasteiger partial charge on any atom is -0.396 e. The molecule has 0 radical (unpaired) electrons. The minimum absolute atomic E-state index is 0.0667. The molecular formula is C8H15N3O2. The number of rotatable bonds is 4. The smallest absolute Gasteiger partial charge is 0.149 e. The molecule has 13 heavy (non-hydrogen) atoms. The average Bonchev–Trinajstić information content (AvgIpc) is 2.41. The first kappa shape index (κ1) is 10.0. The summed E-state index contributed by atoms with van der Waals surface area (Å²) in [7, 11) is 0. The van der Waals surface area contributed by atoms with Crippen LogP contribution >= 0.6 is 0 Å². The van der Waals surface area contributed by atoms with Gasteiger partial charge in [-0.3, -0.25) is 0 Å². The highest BCUT2D eigenvalue weighted by Crippen LogP contribution is 2.15. The Hall–Kier alpha value is -1.07. The Bertz CT molecular complexity index is 272. The molecule has 5 nitrogen and oxygen atoms in total. The van der Waals surface area contributed by atoms with E-state index in [0.717, 1.165) is 5.69 Å². The van der Waals surface area contributed by atoms with Crippen LogP contribution in [0, 0.1) is 6.92 Å². The molecule has 1 atom stereocenters. The molecule has 0 saturated heterocycles. The summed E-state index contributed by atoms with van der Waals surface area (Å²) in [6.45, 7) is 1.88. The highest BCUT2D eigenvalue weighted by atomic mass is 16.3. The number of nitrogens with zero attached hydrogens (tertiary/aromatic N) is 2. The Morgan fingerprint density at radius 2 is 2.38 bits per heavy atom. The Morgan fingerprint density at radius 1 is 1.69 bits per heavy atom. The van der Waals surface area contributed by atoms with Crippen molar-refractivity contribution < 1.29 is 10.2 Å². The first-order chi connectivity index (χ1) is 6.15. The number of anilines is 1. The summed E-state index contributed by atoms with van der Waals surface area (Å²) in [5.74, 6) is 0.447. The molecule has 5 heteroatoms. The molecule has 1 aromatic rings. The van der Waals surface area contributed by atoms with Gasteiger partial charge >= 0.3 is 0 Å². The van der Waals surface area contributed by atoms with Crippen molar-refractivity contribution in [2.24, 2.45) is 0 Å². The summed E-state index contributed by atoms with van der Waals surface area (Å²) in [6, 6.07) is 1.70. The normalized spacial score (nSPS) is 13.2. The Kier molecular flexibility index (Phi) is 3.27. The summed E-state index contributed by atoms with van der Waals surface area (Å²) >= 11 is 0. The predicted octanol–water partition coefficient (Wildman–Crippen LogP) is 0.0371. The Labute approximate surface area is 76.8 Å². The number of nitrogens with two attached hydrogens (primary N) is 1. The topological polar surface area (TPSA) is 84.3 Å². The maximum Gasteiger partial charge on any atom is 0.149 e. The van der Waals surface area contributed by atoms with Crippen molar-refractivity contribution in [1.29, 1.82) is 0 Å². The number of hydrogen-bond donors (Lipinski definition) is 3. The third-order valence-electron chi connectivity index (χ3n) is 1.79. The van der Waals surface area contributed by atoms with Gasteiger partial charge in [0.25, 0.3) is 0 Å². The second kappa shape index (κ2) is 4.25. The molecule has 74 valence electrons. The van der Waals surface area contributed by atoms with Gasteiger partial charge < -0.3 is 15.9 Å². The fourth-order valence-corrected chi connectivity index (χ4v) is 1.17. The molecule has 4 N–H and O–H groups in total. The maximum atomic E-state index is 9.56. The molecule has 1 unspecified atom stereocenters. The van der Waals surface area contributed by atoms with Crippen molar-refractivity contribution in [3.05, 3.63) is 11.8 Å². The van der Waals surface area contributed by atoms with Gasteiger partial charge in [0.15, 0.2) is 0 Å². The molecule has 0 aromatic carbocycles. The highest BCUT2D eigenvalue weighted by Gasteiger charge is 2.10. The van der Waals surface area contributed by atoms with Crippen LogP contribution in [0.1, 0.15) is 24.8 Å². The molecule has 0 aliphatic heterocycles. The van der Waals surface area contributed by atoms with Crippen LogP contribution in [0.4, 0.5) is 5.82 Å². The van der Waals surface area contributed by atoms with Crippen LogP contribution in [-0.4, -0.2) is 26.6 Å². The van der Waals surface area contributed by atoms with Crippen molar-refractivity contribution in [1.82, 2.24) is 9.78 Å². The molecule has 0 spiro atoms. The average molecular weight is 185 g/mol. The lowest BCUT2D eigenvalue weighted by atomic mass is 10.3. The van der Waals surface area contributed by atoms with Crippen molar-refractivity contribution in [2.75, 3.05) is 12.3 Å². The largest absolute Gasteiger partial charge is 0.396 e. The summed E-state index contributed by atoms with van der Waals surface area (Å²) in [4.78, 5) is 0. The Morgan fingerprint density at radius 3 is 2.85 bits per heavy atom. The highest BCUT2D eigenvalue weighted by molar-refractivity contribution is 5.30. The summed E-state index contributed by atoms with van der Waals surface area (Å²) in [6.07, 6.45) is 0.266. The van der Waals surface area contributed by atoms with E-state index in [1.807, 2.05) is 6.92 Å². The lowest BCUT2D eigenvalue weighted by Gasteiger charge is -2.11. The molecular weight excluding hydrogens is 170 g/mol. The van der Waals surface area contributed by atoms with Gasteiger partial charge in [-0.25, -0.2) is 4.68 Å². The summed E-state index contributed by atoms with van der Waals surface area (Å²) in [5, 5.41) is 22.1. The van der Waals surface area contributed by atoms with Crippen LogP contribution in [0.15, 0.2) is 6.07 Å². The van der Waals surface area contributed by atoms with E-state index < -0.39 is 6.23 Å². The number of aliphatic hydroxyl groups excluding tert-OH is 2. The van der Waals surface area contributed by atoms with E-state index in [9.17, 15) is 5.11 Å². The SMILES string of the molecule is Cc1cc(N)n(C(O)CCCO)n1. The molecule has 0 fully saturated rings. The molecule has 0 aliphatic carbocycles. The van der Waals surface area contributed by atoms with Gasteiger partial charge in [-0.1, -0.05) is 0 Å². The fourth-order valence-electron chi connectivity index (χ4n) is 1.17. The van der Waals surface area contributed by atoms with Gasteiger partial charge in [-0.15, -0.1) is 0 Å². The van der Waals surface area contributed by atoms with Gasteiger partial charge in [0.05, 0.1) is 5.69 Å². The van der Waals surface area contributed by atoms with E-state index in [1.54, 1.807) is 6.07 Å². The fraction of sp³-hybridized carbons (Fsp3) is 0.625. The van der Waals surface area contributed by atoms with Crippen LogP contribution in [0.25, 0.3) is 0 Å². The molecule has 0 aliphatic rings. The van der Waals surface area contributed by atoms with Gasteiger partial charge in [0.2, 0.25) is 0 Å². The van der Waals surface area contributed by atoms with Crippen LogP contribution < -0.4 is 5.73 Å². The van der Waals surface area contributed by atoms with Crippen molar-refractivity contribution in [3.8, 4) is 0 Å². The van der Waals surface area contributed by atoms with E-state index in [1.165, 1.54) is 4.68 Å². The second-order valence-electron chi connectivity index (χ2n) is 3.00. The molecule has 0 saturated carbocycles. The lowest BCUT2D eigenvalue weighted by molar-refractivity contribution is 0.0752. The summed E-state index contributed by atoms with van der Waals surface area (Å²) in [5.41, 5.74) is 6.37. The van der Waals surface area contributed by atoms with Crippen molar-refractivity contribution >= 4 is 5.82 Å². The second-order valence-corrected chi connectivity index (χ2v) is 3.00. The van der Waals surface area contributed by atoms with Gasteiger partial charge in [-0.05, 0) is 19.8 Å². The van der Waals surface area contributed by atoms with Crippen LogP contribution in [-0.2, 0) is 0 Å². The van der Waals surface area contributed by atoms with E-state index in [4.69, 9.17) is 10.8 Å². The van der Waals surface area contributed by atoms with Crippen molar-refractivity contribution in [2.45, 2.75) is 26.0 Å². The standard InChI is InChI=1S/C8H15N3O2/c1-6-5-7(9)11(10-6)8(13)3-2-4-12/h5,8,12-13H,2-4,9H2,1H3. The first-order valence-electron chi connectivity index (χ1n) is 4.25. The van der Waals surface area contributed by atoms with E-state index in [-0.39, 0.29) is 6.61 Å². The molecule has 1 rings (SSSR count). The first-order valence-corrected chi connectivity index (χ1v) is 4.25. The Balaban J connectivity index is 2.64. The quantitative estimate of drug-likeness (QED) is 0.618. The maximum absolute atomic E-state index is 9.56. The zero-order valence-corrected chi connectivity index (χ0v) is 7.64. The number of hydrogen-bond acceptors (Lipinski definition) is 4. The molecule has 0 amide bonds. The zero-order valence-electron chi connectivity index (χ0n) is 7.64. The molecule has 1 heterocycles. The van der Waals surface area contributed by atoms with E-state index in [2.05, 4.69) is 5.10 Å². The molecule has 0 bridgehead atoms. The van der Waals surface area contributed by atoms with E-state index >= 15 is 0 Å². The lowest BCUT2D eigenvalue weighted by Crippen LogP contribution is -2.13. The van der Waals surface area contributed by atoms with Crippen molar-refractivity contribution in [3.63, 3.8) is 0 Å². The number of nitrogen functional groups attached to an aromatic ring is 1. The number of aryl methyl sites for hydroxylation is 1. The minimum atomic E-state index is -0.735. The van der Waals surface area contributed by atoms with E-state index in [0.29, 0.717) is 18.7 Å². The molecule has 1 aromatic heterocycles. The summed E-state index contributed by atoms with van der Waals surface area (Å²) < 4.78 is 1.37. The number of aliphatic hydroxyl groups is 2.